The third-order valence-electron chi connectivity index (χ3n) is 2.71. The number of urea groups is 1. The highest BCUT2D eigenvalue weighted by Crippen LogP contribution is 2.27. The first-order chi connectivity index (χ1) is 9.69. The molecule has 0 aliphatic heterocycles. The molecule has 0 bridgehead atoms. The van der Waals surface area contributed by atoms with Crippen LogP contribution < -0.4 is 15.4 Å². The molecule has 104 valence electrons. The second-order valence-electron chi connectivity index (χ2n) is 4.14. The highest BCUT2D eigenvalue weighted by atomic mass is 79.9. The van der Waals surface area contributed by atoms with Gasteiger partial charge in [-0.25, -0.2) is 4.79 Å². The first-order valence-corrected chi connectivity index (χ1v) is 6.90. The van der Waals surface area contributed by atoms with Crippen molar-refractivity contribution < 1.29 is 9.53 Å². The minimum atomic E-state index is -0.245. The molecule has 0 heterocycles. The molecule has 2 aromatic carbocycles. The zero-order valence-electron chi connectivity index (χ0n) is 11.0. The van der Waals surface area contributed by atoms with E-state index in [-0.39, 0.29) is 6.03 Å². The van der Waals surface area contributed by atoms with Crippen LogP contribution in [0.4, 0.5) is 10.5 Å². The van der Waals surface area contributed by atoms with Gasteiger partial charge in [0.15, 0.2) is 0 Å². The Balaban J connectivity index is 1.90. The predicted octanol–water partition coefficient (Wildman–Crippen LogP) is 3.78. The Morgan fingerprint density at radius 3 is 2.60 bits per heavy atom. The number of hydrogen-bond acceptors (Lipinski definition) is 2. The number of amides is 2. The molecule has 0 radical (unpaired) electrons. The molecule has 2 aromatic rings. The van der Waals surface area contributed by atoms with Gasteiger partial charge in [0.2, 0.25) is 0 Å². The van der Waals surface area contributed by atoms with Crippen molar-refractivity contribution in [2.45, 2.75) is 6.54 Å². The van der Waals surface area contributed by atoms with Crippen LogP contribution in [0.2, 0.25) is 0 Å². The fourth-order valence-electron chi connectivity index (χ4n) is 1.70. The highest BCUT2D eigenvalue weighted by molar-refractivity contribution is 9.10. The minimum absolute atomic E-state index is 0.245. The third kappa shape index (κ3) is 3.99. The topological polar surface area (TPSA) is 50.4 Å². The van der Waals surface area contributed by atoms with Crippen LogP contribution in [-0.2, 0) is 6.54 Å². The summed E-state index contributed by atoms with van der Waals surface area (Å²) in [5.74, 6) is 0.722. The van der Waals surface area contributed by atoms with Crippen LogP contribution in [0.25, 0.3) is 0 Å². The maximum atomic E-state index is 11.8. The lowest BCUT2D eigenvalue weighted by atomic mass is 10.2. The van der Waals surface area contributed by atoms with Crippen molar-refractivity contribution in [1.29, 1.82) is 0 Å². The maximum Gasteiger partial charge on any atom is 0.319 e. The Morgan fingerprint density at radius 1 is 1.20 bits per heavy atom. The molecule has 0 aliphatic carbocycles. The summed E-state index contributed by atoms with van der Waals surface area (Å²) >= 11 is 3.38. The van der Waals surface area contributed by atoms with E-state index < -0.39 is 0 Å². The molecule has 5 heteroatoms. The van der Waals surface area contributed by atoms with Crippen LogP contribution in [0.3, 0.4) is 0 Å². The van der Waals surface area contributed by atoms with Crippen molar-refractivity contribution in [2.24, 2.45) is 0 Å². The molecule has 0 spiro atoms. The van der Waals surface area contributed by atoms with Crippen molar-refractivity contribution in [3.63, 3.8) is 0 Å². The SMILES string of the molecule is COc1ccc(NC(=O)NCc2ccccc2)cc1Br. The molecule has 0 atom stereocenters. The van der Waals surface area contributed by atoms with Crippen LogP contribution in [0.1, 0.15) is 5.56 Å². The molecule has 0 saturated carbocycles. The summed E-state index contributed by atoms with van der Waals surface area (Å²) < 4.78 is 5.93. The first-order valence-electron chi connectivity index (χ1n) is 6.11. The summed E-state index contributed by atoms with van der Waals surface area (Å²) in [6.07, 6.45) is 0. The van der Waals surface area contributed by atoms with Crippen molar-refractivity contribution in [3.05, 3.63) is 58.6 Å². The minimum Gasteiger partial charge on any atom is -0.496 e. The number of nitrogens with one attached hydrogen (secondary N) is 2. The van der Waals surface area contributed by atoms with E-state index in [1.807, 2.05) is 30.3 Å². The fraction of sp³-hybridized carbons (Fsp3) is 0.133. The number of carbonyl (C=O) groups is 1. The lowest BCUT2D eigenvalue weighted by molar-refractivity contribution is 0.251. The summed E-state index contributed by atoms with van der Waals surface area (Å²) in [5, 5.41) is 5.57. The molecular weight excluding hydrogens is 320 g/mol. The molecule has 0 fully saturated rings. The monoisotopic (exact) mass is 334 g/mol. The number of hydrogen-bond donors (Lipinski definition) is 2. The van der Waals surface area contributed by atoms with Gasteiger partial charge in [-0.05, 0) is 39.7 Å². The predicted molar refractivity (Wildman–Crippen MR) is 83.0 cm³/mol. The van der Waals surface area contributed by atoms with Crippen LogP contribution >= 0.6 is 15.9 Å². The molecule has 2 N–H and O–H groups in total. The molecule has 0 unspecified atom stereocenters. The quantitative estimate of drug-likeness (QED) is 0.893. The fourth-order valence-corrected chi connectivity index (χ4v) is 2.24. The number of benzene rings is 2. The van der Waals surface area contributed by atoms with Gasteiger partial charge in [-0.3, -0.25) is 0 Å². The lowest BCUT2D eigenvalue weighted by Crippen LogP contribution is -2.28. The number of halogens is 1. The Bertz CT molecular complexity index is 588. The van der Waals surface area contributed by atoms with Gasteiger partial charge < -0.3 is 15.4 Å². The summed E-state index contributed by atoms with van der Waals surface area (Å²) in [7, 11) is 1.60. The zero-order chi connectivity index (χ0) is 14.4. The number of ether oxygens (including phenoxy) is 1. The molecule has 0 aliphatic rings. The Labute approximate surface area is 126 Å². The van der Waals surface area contributed by atoms with Gasteiger partial charge in [0.1, 0.15) is 5.75 Å². The lowest BCUT2D eigenvalue weighted by Gasteiger charge is -2.09. The summed E-state index contributed by atoms with van der Waals surface area (Å²) in [6, 6.07) is 14.9. The van der Waals surface area contributed by atoms with E-state index in [1.165, 1.54) is 0 Å². The highest BCUT2D eigenvalue weighted by Gasteiger charge is 2.05. The Kier molecular flexibility index (Phi) is 5.01. The Hall–Kier alpha value is -2.01. The molecule has 4 nitrogen and oxygen atoms in total. The van der Waals surface area contributed by atoms with Crippen molar-refractivity contribution in [1.82, 2.24) is 5.32 Å². The van der Waals surface area contributed by atoms with E-state index in [4.69, 9.17) is 4.74 Å². The average Bonchev–Trinajstić information content (AvgIpc) is 2.46. The Morgan fingerprint density at radius 2 is 1.95 bits per heavy atom. The molecule has 0 aromatic heterocycles. The number of methoxy groups -OCH3 is 1. The van der Waals surface area contributed by atoms with E-state index in [1.54, 1.807) is 25.3 Å². The third-order valence-corrected chi connectivity index (χ3v) is 3.33. The molecular formula is C15H15BrN2O2. The molecule has 20 heavy (non-hydrogen) atoms. The second-order valence-corrected chi connectivity index (χ2v) is 5.00. The van der Waals surface area contributed by atoms with Gasteiger partial charge in [-0.1, -0.05) is 30.3 Å². The van der Waals surface area contributed by atoms with Gasteiger partial charge in [-0.15, -0.1) is 0 Å². The van der Waals surface area contributed by atoms with E-state index >= 15 is 0 Å². The average molecular weight is 335 g/mol. The van der Waals surface area contributed by atoms with Gasteiger partial charge in [-0.2, -0.15) is 0 Å². The second kappa shape index (κ2) is 6.96. The number of rotatable bonds is 4. The summed E-state index contributed by atoms with van der Waals surface area (Å²) in [4.78, 5) is 11.8. The van der Waals surface area contributed by atoms with Gasteiger partial charge >= 0.3 is 6.03 Å². The van der Waals surface area contributed by atoms with Crippen molar-refractivity contribution in [2.75, 3.05) is 12.4 Å². The number of anilines is 1. The van der Waals surface area contributed by atoms with Gasteiger partial charge in [0, 0.05) is 12.2 Å². The molecule has 0 saturated heterocycles. The summed E-state index contributed by atoms with van der Waals surface area (Å²) in [6.45, 7) is 0.490. The van der Waals surface area contributed by atoms with E-state index in [0.29, 0.717) is 12.2 Å². The van der Waals surface area contributed by atoms with E-state index in [9.17, 15) is 4.79 Å². The largest absolute Gasteiger partial charge is 0.496 e. The smallest absolute Gasteiger partial charge is 0.319 e. The van der Waals surface area contributed by atoms with E-state index in [2.05, 4.69) is 26.6 Å². The normalized spacial score (nSPS) is 9.90. The van der Waals surface area contributed by atoms with Crippen LogP contribution in [0, 0.1) is 0 Å². The number of carbonyl (C=O) groups excluding carboxylic acids is 1. The van der Waals surface area contributed by atoms with Crippen molar-refractivity contribution >= 4 is 27.6 Å². The van der Waals surface area contributed by atoms with Gasteiger partial charge in [0.25, 0.3) is 0 Å². The van der Waals surface area contributed by atoms with Crippen LogP contribution in [-0.4, -0.2) is 13.1 Å². The molecule has 2 rings (SSSR count). The van der Waals surface area contributed by atoms with Gasteiger partial charge in [0.05, 0.1) is 11.6 Å². The van der Waals surface area contributed by atoms with Crippen LogP contribution in [0.15, 0.2) is 53.0 Å². The van der Waals surface area contributed by atoms with Crippen molar-refractivity contribution in [3.8, 4) is 5.75 Å². The first kappa shape index (κ1) is 14.4. The zero-order valence-corrected chi connectivity index (χ0v) is 12.6. The standard InChI is InChI=1S/C15H15BrN2O2/c1-20-14-8-7-12(9-13(14)16)18-15(19)17-10-11-5-3-2-4-6-11/h2-9H,10H2,1H3,(H2,17,18,19). The molecule has 2 amide bonds. The summed E-state index contributed by atoms with van der Waals surface area (Å²) in [5.41, 5.74) is 1.75. The maximum absolute atomic E-state index is 11.8. The van der Waals surface area contributed by atoms with E-state index in [0.717, 1.165) is 15.8 Å². The van der Waals surface area contributed by atoms with Crippen LogP contribution in [0.5, 0.6) is 5.75 Å².